The Morgan fingerprint density at radius 1 is 1.30 bits per heavy atom. The Labute approximate surface area is 160 Å². The van der Waals surface area contributed by atoms with E-state index in [0.29, 0.717) is 5.56 Å². The lowest BCUT2D eigenvalue weighted by Crippen LogP contribution is -2.39. The van der Waals surface area contributed by atoms with Crippen LogP contribution in [-0.2, 0) is 22.5 Å². The number of aromatic nitrogens is 1. The molecule has 1 aromatic carbocycles. The van der Waals surface area contributed by atoms with Crippen LogP contribution < -0.4 is 5.32 Å². The standard InChI is InChI=1S/C22H28N2O3/c1-5-24-14(2)13-19(15(24)3)22(26)27-16(4)21(25)23-20-12-8-10-17-9-6-7-11-18(17)20/h6-7,9,11,13,16,20H,5,8,10,12H2,1-4H3,(H,23,25)/t16-,20+/m0/s1. The van der Waals surface area contributed by atoms with Crippen LogP contribution in [-0.4, -0.2) is 22.5 Å². The molecule has 5 nitrogen and oxygen atoms in total. The van der Waals surface area contributed by atoms with Crippen molar-refractivity contribution in [3.8, 4) is 0 Å². The number of esters is 1. The second-order valence-electron chi connectivity index (χ2n) is 7.23. The van der Waals surface area contributed by atoms with Gasteiger partial charge in [0.05, 0.1) is 11.6 Å². The highest BCUT2D eigenvalue weighted by Crippen LogP contribution is 2.29. The molecule has 5 heteroatoms. The summed E-state index contributed by atoms with van der Waals surface area (Å²) < 4.78 is 7.51. The molecule has 3 rings (SSSR count). The Kier molecular flexibility index (Phi) is 5.68. The van der Waals surface area contributed by atoms with Crippen LogP contribution in [0.1, 0.15) is 65.6 Å². The van der Waals surface area contributed by atoms with E-state index in [1.165, 1.54) is 11.1 Å². The predicted octanol–water partition coefficient (Wildman–Crippen LogP) is 3.86. The number of aryl methyl sites for hydroxylation is 2. The van der Waals surface area contributed by atoms with Crippen LogP contribution in [0.25, 0.3) is 0 Å². The molecule has 1 aliphatic carbocycles. The number of rotatable bonds is 5. The zero-order chi connectivity index (χ0) is 19.6. The van der Waals surface area contributed by atoms with Crippen LogP contribution in [0, 0.1) is 13.8 Å². The molecule has 1 amide bonds. The van der Waals surface area contributed by atoms with Gasteiger partial charge in [-0.2, -0.15) is 0 Å². The van der Waals surface area contributed by atoms with Gasteiger partial charge in [0.15, 0.2) is 6.10 Å². The molecule has 1 N–H and O–H groups in total. The maximum absolute atomic E-state index is 12.6. The van der Waals surface area contributed by atoms with Crippen molar-refractivity contribution < 1.29 is 14.3 Å². The van der Waals surface area contributed by atoms with Gasteiger partial charge in [0.25, 0.3) is 5.91 Å². The fourth-order valence-electron chi connectivity index (χ4n) is 3.96. The molecule has 144 valence electrons. The number of carbonyl (C=O) groups is 2. The Balaban J connectivity index is 1.66. The van der Waals surface area contributed by atoms with Crippen LogP contribution in [0.15, 0.2) is 30.3 Å². The van der Waals surface area contributed by atoms with Crippen molar-refractivity contribution in [1.82, 2.24) is 9.88 Å². The first-order valence-electron chi connectivity index (χ1n) is 9.68. The SMILES string of the molecule is CCn1c(C)cc(C(=O)O[C@@H](C)C(=O)N[C@@H]2CCCc3ccccc32)c1C. The van der Waals surface area contributed by atoms with Crippen molar-refractivity contribution in [2.24, 2.45) is 0 Å². The highest BCUT2D eigenvalue weighted by Gasteiger charge is 2.26. The van der Waals surface area contributed by atoms with Crippen molar-refractivity contribution >= 4 is 11.9 Å². The van der Waals surface area contributed by atoms with E-state index < -0.39 is 12.1 Å². The minimum Gasteiger partial charge on any atom is -0.449 e. The third kappa shape index (κ3) is 3.92. The predicted molar refractivity (Wildman–Crippen MR) is 105 cm³/mol. The Morgan fingerprint density at radius 3 is 2.74 bits per heavy atom. The molecule has 0 radical (unpaired) electrons. The van der Waals surface area contributed by atoms with Crippen LogP contribution in [0.5, 0.6) is 0 Å². The molecule has 0 saturated heterocycles. The zero-order valence-electron chi connectivity index (χ0n) is 16.5. The maximum Gasteiger partial charge on any atom is 0.340 e. The number of carbonyl (C=O) groups excluding carboxylic acids is 2. The molecule has 27 heavy (non-hydrogen) atoms. The van der Waals surface area contributed by atoms with E-state index in [1.54, 1.807) is 6.92 Å². The van der Waals surface area contributed by atoms with E-state index in [4.69, 9.17) is 4.74 Å². The highest BCUT2D eigenvalue weighted by molar-refractivity contribution is 5.93. The van der Waals surface area contributed by atoms with Gasteiger partial charge in [0, 0.05) is 17.9 Å². The van der Waals surface area contributed by atoms with Crippen molar-refractivity contribution in [3.05, 3.63) is 58.4 Å². The summed E-state index contributed by atoms with van der Waals surface area (Å²) in [5.74, 6) is -0.705. The van der Waals surface area contributed by atoms with Crippen LogP contribution in [0.4, 0.5) is 0 Å². The van der Waals surface area contributed by atoms with Crippen LogP contribution in [0.2, 0.25) is 0 Å². The maximum atomic E-state index is 12.6. The van der Waals surface area contributed by atoms with Gasteiger partial charge >= 0.3 is 5.97 Å². The first kappa shape index (κ1) is 19.2. The average Bonchev–Trinajstić information content (AvgIpc) is 2.95. The summed E-state index contributed by atoms with van der Waals surface area (Å²) in [5.41, 5.74) is 4.86. The van der Waals surface area contributed by atoms with Gasteiger partial charge in [0.1, 0.15) is 0 Å². The minimum atomic E-state index is -0.837. The molecule has 0 unspecified atom stereocenters. The quantitative estimate of drug-likeness (QED) is 0.815. The number of ether oxygens (including phenoxy) is 1. The molecule has 0 bridgehead atoms. The second kappa shape index (κ2) is 7.99. The van der Waals surface area contributed by atoms with Gasteiger partial charge < -0.3 is 14.6 Å². The highest BCUT2D eigenvalue weighted by atomic mass is 16.5. The molecule has 1 aromatic heterocycles. The summed E-state index contributed by atoms with van der Waals surface area (Å²) in [4.78, 5) is 25.1. The fourth-order valence-corrected chi connectivity index (χ4v) is 3.96. The van der Waals surface area contributed by atoms with Crippen LogP contribution in [0.3, 0.4) is 0 Å². The summed E-state index contributed by atoms with van der Waals surface area (Å²) in [6.45, 7) is 8.32. The first-order valence-corrected chi connectivity index (χ1v) is 9.68. The lowest BCUT2D eigenvalue weighted by atomic mass is 9.87. The molecule has 0 spiro atoms. The number of fused-ring (bicyclic) bond motifs is 1. The molecule has 1 heterocycles. The number of benzene rings is 1. The van der Waals surface area contributed by atoms with Gasteiger partial charge in [-0.15, -0.1) is 0 Å². The van der Waals surface area contributed by atoms with Gasteiger partial charge in [-0.05, 0) is 64.2 Å². The van der Waals surface area contributed by atoms with E-state index in [2.05, 4.69) is 22.0 Å². The molecule has 0 aliphatic heterocycles. The average molecular weight is 368 g/mol. The largest absolute Gasteiger partial charge is 0.449 e. The molecule has 0 fully saturated rings. The van der Waals surface area contributed by atoms with Gasteiger partial charge in [-0.25, -0.2) is 4.79 Å². The van der Waals surface area contributed by atoms with E-state index in [0.717, 1.165) is 37.2 Å². The second-order valence-corrected chi connectivity index (χ2v) is 7.23. The third-order valence-corrected chi connectivity index (χ3v) is 5.45. The van der Waals surface area contributed by atoms with Crippen molar-refractivity contribution in [1.29, 1.82) is 0 Å². The number of nitrogens with zero attached hydrogens (tertiary/aromatic N) is 1. The zero-order valence-corrected chi connectivity index (χ0v) is 16.5. The number of hydrogen-bond donors (Lipinski definition) is 1. The van der Waals surface area contributed by atoms with Crippen molar-refractivity contribution in [3.63, 3.8) is 0 Å². The summed E-state index contributed by atoms with van der Waals surface area (Å²) in [6, 6.07) is 10.0. The third-order valence-electron chi connectivity index (χ3n) is 5.45. The van der Waals surface area contributed by atoms with Crippen LogP contribution >= 0.6 is 0 Å². The minimum absolute atomic E-state index is 0.0197. The summed E-state index contributed by atoms with van der Waals surface area (Å²) in [5, 5.41) is 3.05. The van der Waals surface area contributed by atoms with Crippen molar-refractivity contribution in [2.45, 2.75) is 65.6 Å². The first-order chi connectivity index (χ1) is 12.9. The topological polar surface area (TPSA) is 60.3 Å². The molecular weight excluding hydrogens is 340 g/mol. The van der Waals surface area contributed by atoms with E-state index in [1.807, 2.05) is 39.0 Å². The fraction of sp³-hybridized carbons (Fsp3) is 0.455. The molecular formula is C22H28N2O3. The number of nitrogens with one attached hydrogen (secondary N) is 1. The molecule has 2 aromatic rings. The Hall–Kier alpha value is -2.56. The summed E-state index contributed by atoms with van der Waals surface area (Å²) >= 11 is 0. The lowest BCUT2D eigenvalue weighted by molar-refractivity contribution is -0.130. The van der Waals surface area contributed by atoms with Gasteiger partial charge in [-0.3, -0.25) is 4.79 Å². The van der Waals surface area contributed by atoms with Gasteiger partial charge in [-0.1, -0.05) is 24.3 Å². The molecule has 0 saturated carbocycles. The smallest absolute Gasteiger partial charge is 0.340 e. The summed E-state index contributed by atoms with van der Waals surface area (Å²) in [7, 11) is 0. The van der Waals surface area contributed by atoms with E-state index in [-0.39, 0.29) is 11.9 Å². The summed E-state index contributed by atoms with van der Waals surface area (Å²) in [6.07, 6.45) is 2.15. The number of hydrogen-bond acceptors (Lipinski definition) is 3. The Bertz CT molecular complexity index is 853. The normalized spacial score (nSPS) is 17.1. The monoisotopic (exact) mass is 368 g/mol. The number of amides is 1. The Morgan fingerprint density at radius 2 is 2.04 bits per heavy atom. The van der Waals surface area contributed by atoms with E-state index in [9.17, 15) is 9.59 Å². The van der Waals surface area contributed by atoms with E-state index >= 15 is 0 Å². The molecule has 1 aliphatic rings. The van der Waals surface area contributed by atoms with Gasteiger partial charge in [0.2, 0.25) is 0 Å². The molecule has 2 atom stereocenters. The lowest BCUT2D eigenvalue weighted by Gasteiger charge is -2.27. The van der Waals surface area contributed by atoms with Crippen molar-refractivity contribution in [2.75, 3.05) is 0 Å².